The number of hydrogen-bond donors (Lipinski definition) is 2. The number of ether oxygens (including phenoxy) is 2. The van der Waals surface area contributed by atoms with Gasteiger partial charge < -0.3 is 14.9 Å². The number of H-pyrrole nitrogens is 1. The second-order valence-corrected chi connectivity index (χ2v) is 5.47. The van der Waals surface area contributed by atoms with Crippen molar-refractivity contribution in [2.75, 3.05) is 19.6 Å². The van der Waals surface area contributed by atoms with Crippen LogP contribution in [0.15, 0.2) is 12.1 Å². The number of aromatic nitrogens is 3. The molecule has 0 aliphatic heterocycles. The maximum absolute atomic E-state index is 6.21. The highest BCUT2D eigenvalue weighted by molar-refractivity contribution is 7.71. The van der Waals surface area contributed by atoms with Gasteiger partial charge >= 0.3 is 0 Å². The van der Waals surface area contributed by atoms with Gasteiger partial charge in [-0.25, -0.2) is 4.68 Å². The van der Waals surface area contributed by atoms with Crippen LogP contribution in [0.25, 0.3) is 0 Å². The first-order chi connectivity index (χ1) is 10.6. The lowest BCUT2D eigenvalue weighted by atomic mass is 10.2. The molecule has 0 aliphatic carbocycles. The fourth-order valence-electron chi connectivity index (χ4n) is 2.13. The smallest absolute Gasteiger partial charge is 0.214 e. The van der Waals surface area contributed by atoms with Crippen molar-refractivity contribution in [2.24, 2.45) is 0 Å². The number of nitrogens with zero attached hydrogens (tertiary/aromatic N) is 2. The lowest BCUT2D eigenvalue weighted by Gasteiger charge is -2.13. The van der Waals surface area contributed by atoms with Gasteiger partial charge in [-0.15, -0.1) is 0 Å². The van der Waals surface area contributed by atoms with Crippen LogP contribution in [0.3, 0.4) is 0 Å². The molecule has 0 bridgehead atoms. The van der Waals surface area contributed by atoms with E-state index >= 15 is 0 Å². The summed E-state index contributed by atoms with van der Waals surface area (Å²) in [5.74, 6) is 2.00. The Bertz CT molecular complexity index is 699. The molecule has 120 valence electrons. The standard InChI is InChI=1S/C14H19ClN4O2S/c1-4-5-12-17-18-14(22)19(12)16-8-9-6-10(15)13(21-3)11(7-9)20-2/h6-7,16H,4-5,8H2,1-3H3,(H,18,22). The molecule has 8 heteroatoms. The summed E-state index contributed by atoms with van der Waals surface area (Å²) in [6.07, 6.45) is 1.83. The molecule has 0 radical (unpaired) electrons. The molecule has 1 aromatic heterocycles. The molecule has 0 fully saturated rings. The van der Waals surface area contributed by atoms with Crippen molar-refractivity contribution in [2.45, 2.75) is 26.3 Å². The average molecular weight is 343 g/mol. The van der Waals surface area contributed by atoms with Gasteiger partial charge in [-0.2, -0.15) is 5.10 Å². The van der Waals surface area contributed by atoms with E-state index in [9.17, 15) is 0 Å². The van der Waals surface area contributed by atoms with E-state index < -0.39 is 0 Å². The van der Waals surface area contributed by atoms with Crippen molar-refractivity contribution < 1.29 is 9.47 Å². The molecular formula is C14H19ClN4O2S. The number of halogens is 1. The van der Waals surface area contributed by atoms with Crippen molar-refractivity contribution in [1.82, 2.24) is 14.9 Å². The van der Waals surface area contributed by atoms with Crippen LogP contribution < -0.4 is 14.9 Å². The zero-order valence-corrected chi connectivity index (χ0v) is 14.3. The molecule has 0 atom stereocenters. The lowest BCUT2D eigenvalue weighted by molar-refractivity contribution is 0.354. The largest absolute Gasteiger partial charge is 0.493 e. The molecule has 0 amide bonds. The summed E-state index contributed by atoms with van der Waals surface area (Å²) >= 11 is 11.4. The molecule has 2 N–H and O–H groups in total. The highest BCUT2D eigenvalue weighted by atomic mass is 35.5. The van der Waals surface area contributed by atoms with Gasteiger partial charge in [-0.05, 0) is 36.3 Å². The number of rotatable bonds is 7. The summed E-state index contributed by atoms with van der Waals surface area (Å²) in [6, 6.07) is 3.71. The molecule has 0 saturated carbocycles. The lowest BCUT2D eigenvalue weighted by Crippen LogP contribution is -2.17. The minimum Gasteiger partial charge on any atom is -0.493 e. The fraction of sp³-hybridized carbons (Fsp3) is 0.429. The third-order valence-electron chi connectivity index (χ3n) is 3.15. The summed E-state index contributed by atoms with van der Waals surface area (Å²) < 4.78 is 12.8. The second-order valence-electron chi connectivity index (χ2n) is 4.68. The van der Waals surface area contributed by atoms with Crippen molar-refractivity contribution in [3.63, 3.8) is 0 Å². The van der Waals surface area contributed by atoms with E-state index in [2.05, 4.69) is 22.5 Å². The molecule has 1 aromatic carbocycles. The molecule has 22 heavy (non-hydrogen) atoms. The molecule has 1 heterocycles. The van der Waals surface area contributed by atoms with Gasteiger partial charge in [0.05, 0.1) is 25.8 Å². The molecule has 6 nitrogen and oxygen atoms in total. The van der Waals surface area contributed by atoms with E-state index in [1.54, 1.807) is 18.9 Å². The zero-order chi connectivity index (χ0) is 16.1. The molecule has 2 aromatic rings. The van der Waals surface area contributed by atoms with Crippen molar-refractivity contribution in [3.8, 4) is 11.5 Å². The van der Waals surface area contributed by atoms with E-state index in [4.69, 9.17) is 33.3 Å². The maximum Gasteiger partial charge on any atom is 0.214 e. The Hall–Kier alpha value is -1.73. The molecule has 0 spiro atoms. The maximum atomic E-state index is 6.21. The predicted octanol–water partition coefficient (Wildman–Crippen LogP) is 3.31. The van der Waals surface area contributed by atoms with Crippen LogP contribution in [-0.2, 0) is 13.0 Å². The predicted molar refractivity (Wildman–Crippen MR) is 89.0 cm³/mol. The first-order valence-electron chi connectivity index (χ1n) is 6.91. The summed E-state index contributed by atoms with van der Waals surface area (Å²) in [4.78, 5) is 0. The van der Waals surface area contributed by atoms with Crippen LogP contribution in [-0.4, -0.2) is 29.1 Å². The van der Waals surface area contributed by atoms with Crippen LogP contribution in [0.5, 0.6) is 11.5 Å². The molecule has 2 rings (SSSR count). The van der Waals surface area contributed by atoms with E-state index in [0.717, 1.165) is 24.2 Å². The summed E-state index contributed by atoms with van der Waals surface area (Å²) in [5.41, 5.74) is 4.19. The van der Waals surface area contributed by atoms with Crippen LogP contribution in [0, 0.1) is 4.77 Å². The number of aryl methyl sites for hydroxylation is 1. The fourth-order valence-corrected chi connectivity index (χ4v) is 2.65. The first-order valence-corrected chi connectivity index (χ1v) is 7.69. The third kappa shape index (κ3) is 3.53. The Morgan fingerprint density at radius 1 is 1.36 bits per heavy atom. The van der Waals surface area contributed by atoms with Gasteiger partial charge in [0.15, 0.2) is 17.3 Å². The van der Waals surface area contributed by atoms with Gasteiger partial charge in [0.25, 0.3) is 0 Å². The SMILES string of the molecule is CCCc1n[nH]c(=S)n1NCc1cc(Cl)c(OC)c(OC)c1. The first kappa shape index (κ1) is 16.6. The van der Waals surface area contributed by atoms with Crippen molar-refractivity contribution in [3.05, 3.63) is 33.3 Å². The zero-order valence-electron chi connectivity index (χ0n) is 12.8. The van der Waals surface area contributed by atoms with Gasteiger partial charge in [-0.1, -0.05) is 18.5 Å². The number of aromatic amines is 1. The minimum atomic E-state index is 0.503. The highest BCUT2D eigenvalue weighted by Crippen LogP contribution is 2.35. The van der Waals surface area contributed by atoms with Crippen molar-refractivity contribution in [1.29, 1.82) is 0 Å². The summed E-state index contributed by atoms with van der Waals surface area (Å²) in [5, 5.41) is 7.50. The van der Waals surface area contributed by atoms with E-state index in [1.165, 1.54) is 0 Å². The minimum absolute atomic E-state index is 0.503. The van der Waals surface area contributed by atoms with Crippen LogP contribution in [0.4, 0.5) is 0 Å². The number of hydrogen-bond acceptors (Lipinski definition) is 5. The quantitative estimate of drug-likeness (QED) is 0.756. The van der Waals surface area contributed by atoms with E-state index in [0.29, 0.717) is 27.8 Å². The topological polar surface area (TPSA) is 64.1 Å². The molecule has 0 aliphatic rings. The Kier molecular flexibility index (Phi) is 5.68. The average Bonchev–Trinajstić information content (AvgIpc) is 2.85. The Balaban J connectivity index is 2.20. The van der Waals surface area contributed by atoms with Gasteiger partial charge in [0.1, 0.15) is 0 Å². The van der Waals surface area contributed by atoms with Crippen LogP contribution >= 0.6 is 23.8 Å². The van der Waals surface area contributed by atoms with Crippen molar-refractivity contribution >= 4 is 23.8 Å². The van der Waals surface area contributed by atoms with Crippen LogP contribution in [0.2, 0.25) is 5.02 Å². The van der Waals surface area contributed by atoms with Gasteiger partial charge in [0.2, 0.25) is 4.77 Å². The van der Waals surface area contributed by atoms with E-state index in [1.807, 2.05) is 12.1 Å². The third-order valence-corrected chi connectivity index (χ3v) is 3.70. The Labute approximate surface area is 139 Å². The van der Waals surface area contributed by atoms with E-state index in [-0.39, 0.29) is 0 Å². The number of methoxy groups -OCH3 is 2. The van der Waals surface area contributed by atoms with Crippen LogP contribution in [0.1, 0.15) is 24.7 Å². The van der Waals surface area contributed by atoms with Gasteiger partial charge in [-0.3, -0.25) is 5.10 Å². The number of nitrogens with one attached hydrogen (secondary N) is 2. The highest BCUT2D eigenvalue weighted by Gasteiger charge is 2.11. The summed E-state index contributed by atoms with van der Waals surface area (Å²) in [6.45, 7) is 2.63. The second kappa shape index (κ2) is 7.51. The normalized spacial score (nSPS) is 10.5. The Morgan fingerprint density at radius 2 is 2.14 bits per heavy atom. The molecule has 0 saturated heterocycles. The monoisotopic (exact) mass is 342 g/mol. The summed E-state index contributed by atoms with van der Waals surface area (Å²) in [7, 11) is 3.14. The molecule has 0 unspecified atom stereocenters. The van der Waals surface area contributed by atoms with Gasteiger partial charge in [0, 0.05) is 6.42 Å². The number of benzene rings is 1. The Morgan fingerprint density at radius 3 is 2.77 bits per heavy atom. The molecular weight excluding hydrogens is 324 g/mol.